The molecule has 0 amide bonds. The number of halogens is 1. The highest BCUT2D eigenvalue weighted by Crippen LogP contribution is 2.42. The molecular weight excluding hydrogens is 542 g/mol. The predicted molar refractivity (Wildman–Crippen MR) is 147 cm³/mol. The minimum atomic E-state index is -4.00. The van der Waals surface area contributed by atoms with Crippen LogP contribution in [0.3, 0.4) is 0 Å². The first-order valence-electron chi connectivity index (χ1n) is 12.3. The van der Waals surface area contributed by atoms with Crippen molar-refractivity contribution < 1.29 is 17.9 Å². The fourth-order valence-corrected chi connectivity index (χ4v) is 5.61. The molecule has 3 heterocycles. The van der Waals surface area contributed by atoms with Crippen molar-refractivity contribution in [2.45, 2.75) is 43.8 Å². The number of nitrogens with one attached hydrogen (secondary N) is 1. The lowest BCUT2D eigenvalue weighted by Crippen LogP contribution is -2.31. The number of para-hydroxylation sites is 1. The first-order chi connectivity index (χ1) is 18.7. The van der Waals surface area contributed by atoms with Gasteiger partial charge in [0.05, 0.1) is 24.5 Å². The van der Waals surface area contributed by atoms with Gasteiger partial charge in [-0.25, -0.2) is 18.4 Å². The molecule has 0 radical (unpaired) electrons. The Labute approximate surface area is 231 Å². The molecule has 1 aliphatic rings. The fraction of sp³-hybridized carbons (Fsp3) is 0.346. The van der Waals surface area contributed by atoms with Crippen LogP contribution in [0.1, 0.15) is 49.9 Å². The lowest BCUT2D eigenvalue weighted by Gasteiger charge is -2.21. The third-order valence-corrected chi connectivity index (χ3v) is 8.88. The van der Waals surface area contributed by atoms with Gasteiger partial charge in [0.15, 0.2) is 5.82 Å². The van der Waals surface area contributed by atoms with Crippen molar-refractivity contribution in [2.24, 2.45) is 0 Å². The van der Waals surface area contributed by atoms with E-state index in [4.69, 9.17) is 21.1 Å². The Kier molecular flexibility index (Phi) is 7.41. The summed E-state index contributed by atoms with van der Waals surface area (Å²) >= 11 is 5.90. The molecule has 5 rings (SSSR count). The molecule has 1 aromatic carbocycles. The second-order valence-electron chi connectivity index (χ2n) is 9.38. The molecule has 13 heteroatoms. The molecule has 1 N–H and O–H groups in total. The van der Waals surface area contributed by atoms with Crippen LogP contribution in [0.25, 0.3) is 17.1 Å². The lowest BCUT2D eigenvalue weighted by atomic mass is 10.1. The second kappa shape index (κ2) is 10.8. The third-order valence-electron chi connectivity index (χ3n) is 6.83. The van der Waals surface area contributed by atoms with Crippen LogP contribution in [0.15, 0.2) is 49.1 Å². The number of sulfonamides is 1. The van der Waals surface area contributed by atoms with Crippen LogP contribution in [-0.2, 0) is 10.0 Å². The third kappa shape index (κ3) is 5.39. The molecule has 2 atom stereocenters. The monoisotopic (exact) mass is 569 g/mol. The number of pyridine rings is 1. The van der Waals surface area contributed by atoms with Gasteiger partial charge in [0.1, 0.15) is 23.0 Å². The van der Waals surface area contributed by atoms with Gasteiger partial charge in [-0.2, -0.15) is 0 Å². The van der Waals surface area contributed by atoms with E-state index >= 15 is 0 Å². The Balaban J connectivity index is 1.61. The van der Waals surface area contributed by atoms with Crippen molar-refractivity contribution >= 4 is 27.6 Å². The van der Waals surface area contributed by atoms with Gasteiger partial charge in [0, 0.05) is 36.3 Å². The van der Waals surface area contributed by atoms with E-state index in [1.54, 1.807) is 42.8 Å². The Morgan fingerprint density at radius 1 is 1.03 bits per heavy atom. The van der Waals surface area contributed by atoms with Crippen LogP contribution >= 0.6 is 11.6 Å². The van der Waals surface area contributed by atoms with E-state index in [-0.39, 0.29) is 5.95 Å². The van der Waals surface area contributed by atoms with Crippen molar-refractivity contribution in [3.05, 3.63) is 65.5 Å². The number of hydrogen-bond donors (Lipinski definition) is 1. The van der Waals surface area contributed by atoms with E-state index in [9.17, 15) is 8.42 Å². The number of aromatic nitrogens is 6. The molecule has 0 saturated heterocycles. The molecule has 1 saturated carbocycles. The zero-order chi connectivity index (χ0) is 27.7. The number of anilines is 1. The average Bonchev–Trinajstić information content (AvgIpc) is 3.73. The first-order valence-corrected chi connectivity index (χ1v) is 14.3. The number of rotatable bonds is 10. The van der Waals surface area contributed by atoms with Crippen LogP contribution in [0.2, 0.25) is 5.02 Å². The maximum absolute atomic E-state index is 13.6. The van der Waals surface area contributed by atoms with Gasteiger partial charge in [-0.15, -0.1) is 10.2 Å². The molecule has 0 bridgehead atoms. The van der Waals surface area contributed by atoms with E-state index in [2.05, 4.69) is 29.9 Å². The zero-order valence-corrected chi connectivity index (χ0v) is 23.4. The highest BCUT2D eigenvalue weighted by Gasteiger charge is 2.33. The Bertz CT molecular complexity index is 1570. The van der Waals surface area contributed by atoms with E-state index in [1.165, 1.54) is 26.6 Å². The fourth-order valence-electron chi connectivity index (χ4n) is 4.28. The van der Waals surface area contributed by atoms with Gasteiger partial charge in [0.2, 0.25) is 16.0 Å². The maximum Gasteiger partial charge on any atom is 0.243 e. The largest absolute Gasteiger partial charge is 0.494 e. The molecule has 0 spiro atoms. The molecular formula is C26H28ClN7O4S. The number of nitrogens with zero attached hydrogens (tertiary/aromatic N) is 6. The Morgan fingerprint density at radius 3 is 2.31 bits per heavy atom. The molecule has 3 aromatic heterocycles. The van der Waals surface area contributed by atoms with Gasteiger partial charge < -0.3 is 9.47 Å². The number of benzene rings is 1. The Hall–Kier alpha value is -3.77. The summed E-state index contributed by atoms with van der Waals surface area (Å²) < 4.78 is 42.7. The second-order valence-corrected chi connectivity index (χ2v) is 11.8. The minimum absolute atomic E-state index is 0.0271. The first kappa shape index (κ1) is 26.8. The standard InChI is InChI=1S/C26H28ClN7O4S/c1-15(24-29-13-20(27)14-30-24)16(2)39(35,36)33-26-32-31-25(19-10-18(11-28-12-19)17-8-9-17)34(26)23-21(37-3)6-5-7-22(23)38-4/h5-7,10-17H,8-9H2,1-4H3,(H,32,33)/t15-,16-/m0/s1. The van der Waals surface area contributed by atoms with E-state index < -0.39 is 21.2 Å². The lowest BCUT2D eigenvalue weighted by molar-refractivity contribution is 0.391. The normalized spacial score (nSPS) is 15.0. The maximum atomic E-state index is 13.6. The summed E-state index contributed by atoms with van der Waals surface area (Å²) in [5.41, 5.74) is 2.22. The number of ether oxygens (including phenoxy) is 2. The molecule has 39 heavy (non-hydrogen) atoms. The highest BCUT2D eigenvalue weighted by atomic mass is 35.5. The number of hydrogen-bond acceptors (Lipinski definition) is 9. The van der Waals surface area contributed by atoms with Gasteiger partial charge >= 0.3 is 0 Å². The van der Waals surface area contributed by atoms with Crippen LogP contribution in [-0.4, -0.2) is 57.6 Å². The Morgan fingerprint density at radius 2 is 1.69 bits per heavy atom. The van der Waals surface area contributed by atoms with E-state index in [0.717, 1.165) is 18.4 Å². The number of methoxy groups -OCH3 is 2. The quantitative estimate of drug-likeness (QED) is 0.291. The van der Waals surface area contributed by atoms with Crippen molar-refractivity contribution in [3.63, 3.8) is 0 Å². The summed E-state index contributed by atoms with van der Waals surface area (Å²) in [5, 5.41) is 8.08. The minimum Gasteiger partial charge on any atom is -0.494 e. The van der Waals surface area contributed by atoms with Gasteiger partial charge in [0.25, 0.3) is 0 Å². The van der Waals surface area contributed by atoms with Crippen LogP contribution in [0.5, 0.6) is 11.5 Å². The topological polar surface area (TPSA) is 134 Å². The average molecular weight is 570 g/mol. The SMILES string of the molecule is COc1cccc(OC)c1-n1c(NS(=O)(=O)[C@@H](C)[C@H](C)c2ncc(Cl)cn2)nnc1-c1cncc(C2CC2)c1. The molecule has 1 fully saturated rings. The summed E-state index contributed by atoms with van der Waals surface area (Å²) in [7, 11) is -0.954. The van der Waals surface area contributed by atoms with Crippen molar-refractivity contribution in [1.82, 2.24) is 29.7 Å². The summed E-state index contributed by atoms with van der Waals surface area (Å²) in [6.45, 7) is 3.32. The molecule has 204 valence electrons. The van der Waals surface area contributed by atoms with Crippen molar-refractivity contribution in [1.29, 1.82) is 0 Å². The van der Waals surface area contributed by atoms with E-state index in [1.807, 2.05) is 12.3 Å². The predicted octanol–water partition coefficient (Wildman–Crippen LogP) is 4.60. The summed E-state index contributed by atoms with van der Waals surface area (Å²) in [6, 6.07) is 7.29. The van der Waals surface area contributed by atoms with E-state index in [0.29, 0.717) is 45.3 Å². The van der Waals surface area contributed by atoms with Gasteiger partial charge in [-0.1, -0.05) is 24.6 Å². The van der Waals surface area contributed by atoms with Crippen LogP contribution < -0.4 is 14.2 Å². The molecule has 0 aliphatic heterocycles. The summed E-state index contributed by atoms with van der Waals surface area (Å²) in [4.78, 5) is 12.8. The van der Waals surface area contributed by atoms with Gasteiger partial charge in [-0.3, -0.25) is 14.3 Å². The molecule has 4 aromatic rings. The van der Waals surface area contributed by atoms with Crippen molar-refractivity contribution in [2.75, 3.05) is 18.9 Å². The highest BCUT2D eigenvalue weighted by molar-refractivity contribution is 7.93. The van der Waals surface area contributed by atoms with Crippen LogP contribution in [0.4, 0.5) is 5.95 Å². The smallest absolute Gasteiger partial charge is 0.243 e. The molecule has 11 nitrogen and oxygen atoms in total. The van der Waals surface area contributed by atoms with Crippen molar-refractivity contribution in [3.8, 4) is 28.6 Å². The summed E-state index contributed by atoms with van der Waals surface area (Å²) in [5.74, 6) is 1.51. The van der Waals surface area contributed by atoms with Crippen LogP contribution in [0, 0.1) is 0 Å². The zero-order valence-electron chi connectivity index (χ0n) is 21.9. The molecule has 0 unspecified atom stereocenters. The van der Waals surface area contributed by atoms with Gasteiger partial charge in [-0.05, 0) is 49.4 Å². The summed E-state index contributed by atoms with van der Waals surface area (Å²) in [6.07, 6.45) is 8.61. The molecule has 1 aliphatic carbocycles.